The van der Waals surface area contributed by atoms with Crippen LogP contribution in [0.25, 0.3) is 0 Å². The molecule has 0 unspecified atom stereocenters. The zero-order valence-electron chi connectivity index (χ0n) is 10.6. The Kier molecular flexibility index (Phi) is 4.81. The summed E-state index contributed by atoms with van der Waals surface area (Å²) in [5.41, 5.74) is -0.158. The molecule has 1 aliphatic heterocycles. The number of piperidine rings is 1. The van der Waals surface area contributed by atoms with Crippen molar-refractivity contribution in [3.63, 3.8) is 0 Å². The summed E-state index contributed by atoms with van der Waals surface area (Å²) in [5, 5.41) is 8.46. The van der Waals surface area contributed by atoms with Crippen LogP contribution in [0.1, 0.15) is 31.1 Å². The number of thiophene rings is 1. The Morgan fingerprint density at radius 1 is 1.56 bits per heavy atom. The summed E-state index contributed by atoms with van der Waals surface area (Å²) in [5.74, 6) is 0.215. The predicted octanol–water partition coefficient (Wildman–Crippen LogP) is 2.91. The summed E-state index contributed by atoms with van der Waals surface area (Å²) >= 11 is 5.16. The van der Waals surface area contributed by atoms with Crippen LogP contribution in [0, 0.1) is 5.41 Å². The van der Waals surface area contributed by atoms with Crippen LogP contribution in [0.5, 0.6) is 0 Å². The molecule has 0 radical (unpaired) electrons. The number of halogens is 1. The first kappa shape index (κ1) is 14.0. The zero-order valence-corrected chi connectivity index (χ0v) is 13.0. The van der Waals surface area contributed by atoms with Crippen LogP contribution >= 0.6 is 27.3 Å². The van der Waals surface area contributed by atoms with E-state index in [0.717, 1.165) is 36.8 Å². The number of hydrogen-bond donors (Lipinski definition) is 2. The van der Waals surface area contributed by atoms with Crippen molar-refractivity contribution in [2.24, 2.45) is 5.41 Å². The van der Waals surface area contributed by atoms with Crippen molar-refractivity contribution < 1.29 is 4.79 Å². The Balaban J connectivity index is 1.96. The average Bonchev–Trinajstić information content (AvgIpc) is 2.82. The van der Waals surface area contributed by atoms with E-state index in [1.54, 1.807) is 11.3 Å². The second-order valence-electron chi connectivity index (χ2n) is 4.76. The van der Waals surface area contributed by atoms with Gasteiger partial charge in [-0.15, -0.1) is 11.3 Å². The summed E-state index contributed by atoms with van der Waals surface area (Å²) < 4.78 is 1.09. The van der Waals surface area contributed by atoms with Gasteiger partial charge in [0.25, 0.3) is 0 Å². The van der Waals surface area contributed by atoms with Crippen molar-refractivity contribution in [1.29, 1.82) is 0 Å². The molecule has 1 aliphatic rings. The Morgan fingerprint density at radius 3 is 2.83 bits per heavy atom. The molecule has 1 aromatic heterocycles. The predicted molar refractivity (Wildman–Crippen MR) is 78.7 cm³/mol. The van der Waals surface area contributed by atoms with Gasteiger partial charge in [0.15, 0.2) is 0 Å². The highest BCUT2D eigenvalue weighted by atomic mass is 79.9. The molecule has 100 valence electrons. The van der Waals surface area contributed by atoms with Crippen molar-refractivity contribution in [3.05, 3.63) is 20.8 Å². The maximum Gasteiger partial charge on any atom is 0.226 e. The van der Waals surface area contributed by atoms with E-state index >= 15 is 0 Å². The number of amides is 1. The van der Waals surface area contributed by atoms with Crippen LogP contribution < -0.4 is 10.6 Å². The van der Waals surface area contributed by atoms with Crippen LogP contribution in [0.2, 0.25) is 0 Å². The van der Waals surface area contributed by atoms with E-state index in [2.05, 4.69) is 33.5 Å². The third-order valence-electron chi connectivity index (χ3n) is 3.82. The molecule has 0 saturated carbocycles. The number of carbonyl (C=O) groups excluding carboxylic acids is 1. The first-order valence-corrected chi connectivity index (χ1v) is 8.06. The van der Waals surface area contributed by atoms with Crippen molar-refractivity contribution in [2.75, 3.05) is 13.1 Å². The largest absolute Gasteiger partial charge is 0.351 e. The molecule has 0 aliphatic carbocycles. The normalized spacial score (nSPS) is 18.6. The maximum absolute atomic E-state index is 12.4. The minimum absolute atomic E-state index is 0.158. The fourth-order valence-corrected chi connectivity index (χ4v) is 3.88. The number of hydrogen-bond acceptors (Lipinski definition) is 3. The van der Waals surface area contributed by atoms with E-state index in [1.807, 2.05) is 11.4 Å². The van der Waals surface area contributed by atoms with Crippen LogP contribution in [-0.2, 0) is 11.3 Å². The monoisotopic (exact) mass is 330 g/mol. The highest BCUT2D eigenvalue weighted by Crippen LogP contribution is 2.33. The van der Waals surface area contributed by atoms with Crippen LogP contribution in [0.4, 0.5) is 0 Å². The van der Waals surface area contributed by atoms with E-state index < -0.39 is 0 Å². The van der Waals surface area contributed by atoms with Crippen LogP contribution in [-0.4, -0.2) is 19.0 Å². The lowest BCUT2D eigenvalue weighted by atomic mass is 9.76. The Morgan fingerprint density at radius 2 is 2.28 bits per heavy atom. The SMILES string of the molecule is CCC1(C(=O)NCc2sccc2Br)CCNCC1. The van der Waals surface area contributed by atoms with Crippen molar-refractivity contribution in [2.45, 2.75) is 32.7 Å². The quantitative estimate of drug-likeness (QED) is 0.891. The summed E-state index contributed by atoms with van der Waals surface area (Å²) in [6, 6.07) is 2.02. The third kappa shape index (κ3) is 2.95. The van der Waals surface area contributed by atoms with Gasteiger partial charge in [0, 0.05) is 9.35 Å². The molecule has 1 saturated heterocycles. The number of nitrogens with one attached hydrogen (secondary N) is 2. The number of rotatable bonds is 4. The summed E-state index contributed by atoms with van der Waals surface area (Å²) in [6.45, 7) is 4.64. The van der Waals surface area contributed by atoms with Crippen LogP contribution in [0.3, 0.4) is 0 Å². The summed E-state index contributed by atoms with van der Waals surface area (Å²) in [7, 11) is 0. The minimum atomic E-state index is -0.158. The van der Waals surface area contributed by atoms with Gasteiger partial charge in [-0.25, -0.2) is 0 Å². The molecule has 0 atom stereocenters. The Bertz CT molecular complexity index is 413. The first-order chi connectivity index (χ1) is 8.68. The molecule has 0 aromatic carbocycles. The van der Waals surface area contributed by atoms with Gasteiger partial charge >= 0.3 is 0 Å². The average molecular weight is 331 g/mol. The van der Waals surface area contributed by atoms with Crippen molar-refractivity contribution in [1.82, 2.24) is 10.6 Å². The smallest absolute Gasteiger partial charge is 0.226 e. The summed E-state index contributed by atoms with van der Waals surface area (Å²) in [6.07, 6.45) is 2.81. The molecule has 3 nitrogen and oxygen atoms in total. The molecule has 1 amide bonds. The lowest BCUT2D eigenvalue weighted by Crippen LogP contribution is -2.47. The molecule has 2 N–H and O–H groups in total. The lowest BCUT2D eigenvalue weighted by Gasteiger charge is -2.35. The van der Waals surface area contributed by atoms with Gasteiger partial charge in [-0.1, -0.05) is 6.92 Å². The molecule has 0 bridgehead atoms. The van der Waals surface area contributed by atoms with E-state index in [1.165, 1.54) is 4.88 Å². The maximum atomic E-state index is 12.4. The van der Waals surface area contributed by atoms with E-state index in [9.17, 15) is 4.79 Å². The molecule has 1 aromatic rings. The van der Waals surface area contributed by atoms with Gasteiger partial charge < -0.3 is 10.6 Å². The third-order valence-corrected chi connectivity index (χ3v) is 5.75. The van der Waals surface area contributed by atoms with Crippen LogP contribution in [0.15, 0.2) is 15.9 Å². The molecule has 18 heavy (non-hydrogen) atoms. The molecular weight excluding hydrogens is 312 g/mol. The van der Waals surface area contributed by atoms with Crippen molar-refractivity contribution >= 4 is 33.2 Å². The molecule has 0 spiro atoms. The first-order valence-electron chi connectivity index (χ1n) is 6.39. The lowest BCUT2D eigenvalue weighted by molar-refractivity contribution is -0.133. The zero-order chi connectivity index (χ0) is 13.0. The fourth-order valence-electron chi connectivity index (χ4n) is 2.45. The topological polar surface area (TPSA) is 41.1 Å². The van der Waals surface area contributed by atoms with Gasteiger partial charge in [0.1, 0.15) is 0 Å². The van der Waals surface area contributed by atoms with E-state index in [-0.39, 0.29) is 11.3 Å². The standard InChI is InChI=1S/C13H19BrN2OS/c1-2-13(4-6-15-7-5-13)12(17)16-9-11-10(14)3-8-18-11/h3,8,15H,2,4-7,9H2,1H3,(H,16,17). The molecule has 2 heterocycles. The van der Waals surface area contributed by atoms with E-state index in [4.69, 9.17) is 0 Å². The molecule has 5 heteroatoms. The van der Waals surface area contributed by atoms with E-state index in [0.29, 0.717) is 6.54 Å². The molecular formula is C13H19BrN2OS. The van der Waals surface area contributed by atoms with Gasteiger partial charge in [0.2, 0.25) is 5.91 Å². The second kappa shape index (κ2) is 6.17. The van der Waals surface area contributed by atoms with Gasteiger partial charge in [-0.2, -0.15) is 0 Å². The number of carbonyl (C=O) groups is 1. The van der Waals surface area contributed by atoms with Crippen molar-refractivity contribution in [3.8, 4) is 0 Å². The second-order valence-corrected chi connectivity index (χ2v) is 6.61. The molecule has 2 rings (SSSR count). The summed E-state index contributed by atoms with van der Waals surface area (Å²) in [4.78, 5) is 13.6. The highest BCUT2D eigenvalue weighted by Gasteiger charge is 2.37. The fraction of sp³-hybridized carbons (Fsp3) is 0.615. The van der Waals surface area contributed by atoms with Gasteiger partial charge in [-0.3, -0.25) is 4.79 Å². The Hall–Kier alpha value is -0.390. The minimum Gasteiger partial charge on any atom is -0.351 e. The molecule has 1 fully saturated rings. The van der Waals surface area contributed by atoms with Gasteiger partial charge in [-0.05, 0) is 59.7 Å². The Labute approximate surface area is 120 Å². The van der Waals surface area contributed by atoms with Gasteiger partial charge in [0.05, 0.1) is 12.0 Å². The highest BCUT2D eigenvalue weighted by molar-refractivity contribution is 9.10.